The van der Waals surface area contributed by atoms with Crippen molar-refractivity contribution in [1.82, 2.24) is 9.55 Å². The molecule has 1 fully saturated rings. The van der Waals surface area contributed by atoms with Crippen molar-refractivity contribution < 1.29 is 10.2 Å². The highest BCUT2D eigenvalue weighted by atomic mass is 32.2. The quantitative estimate of drug-likeness (QED) is 0.199. The summed E-state index contributed by atoms with van der Waals surface area (Å²) in [5.74, 6) is 3.48. The minimum Gasteiger partial charge on any atom is -0.494 e. The van der Waals surface area contributed by atoms with Gasteiger partial charge in [-0.25, -0.2) is 0 Å². The number of rotatable bonds is 9. The molecule has 1 aromatic carbocycles. The maximum absolute atomic E-state index is 10.8. The fraction of sp³-hybridized carbons (Fsp3) is 0.462. The number of fused-ring (bicyclic) bond motifs is 1. The van der Waals surface area contributed by atoms with Crippen LogP contribution in [-0.2, 0) is 6.54 Å². The number of hydrogen-bond donors (Lipinski definition) is 4. The molecule has 4 aliphatic rings. The van der Waals surface area contributed by atoms with Crippen molar-refractivity contribution in [3.05, 3.63) is 53.7 Å². The number of aromatic nitrogens is 2. The molecule has 0 aliphatic heterocycles. The molecule has 0 radical (unpaired) electrons. The lowest BCUT2D eigenvalue weighted by Crippen LogP contribution is -2.22. The Balaban J connectivity index is 0.982. The smallest absolute Gasteiger partial charge is 0.198 e. The van der Waals surface area contributed by atoms with Crippen LogP contribution in [0.4, 0.5) is 0 Å². The second-order valence-corrected chi connectivity index (χ2v) is 10.8. The van der Waals surface area contributed by atoms with E-state index >= 15 is 0 Å². The number of nitrogens with zero attached hydrogens (tertiary/aromatic N) is 1. The average molecular weight is 450 g/mol. The van der Waals surface area contributed by atoms with Gasteiger partial charge in [-0.1, -0.05) is 43.2 Å². The van der Waals surface area contributed by atoms with Crippen molar-refractivity contribution >= 4 is 22.7 Å². The van der Waals surface area contributed by atoms with Crippen LogP contribution in [0.25, 0.3) is 10.9 Å². The summed E-state index contributed by atoms with van der Waals surface area (Å²) in [7, 11) is 0. The van der Waals surface area contributed by atoms with Crippen LogP contribution in [0, 0.1) is 11.8 Å². The molecule has 5 atom stereocenters. The lowest BCUT2D eigenvalue weighted by molar-refractivity contribution is 0.358. The van der Waals surface area contributed by atoms with E-state index in [4.69, 9.17) is 5.73 Å². The van der Waals surface area contributed by atoms with Crippen LogP contribution >= 0.6 is 11.8 Å². The Hall–Kier alpha value is -2.31. The first-order valence-corrected chi connectivity index (χ1v) is 12.9. The van der Waals surface area contributed by atoms with E-state index in [2.05, 4.69) is 41.5 Å². The Labute approximate surface area is 192 Å². The molecule has 3 aromatic rings. The number of allylic oxidation sites excluding steroid dienone is 2. The number of hydrogen-bond acceptors (Lipinski definition) is 4. The van der Waals surface area contributed by atoms with Gasteiger partial charge in [0.25, 0.3) is 0 Å². The molecule has 1 saturated carbocycles. The molecule has 2 bridgehead atoms. The molecule has 5 unspecified atom stereocenters. The molecule has 0 amide bonds. The third-order valence-electron chi connectivity index (χ3n) is 7.75. The van der Waals surface area contributed by atoms with Crippen molar-refractivity contribution in [2.45, 2.75) is 61.4 Å². The van der Waals surface area contributed by atoms with Gasteiger partial charge in [0, 0.05) is 63.3 Å². The highest BCUT2D eigenvalue weighted by Gasteiger charge is 2.56. The van der Waals surface area contributed by atoms with Gasteiger partial charge >= 0.3 is 0 Å². The molecule has 6 heteroatoms. The minimum absolute atomic E-state index is 0.169. The number of unbranched alkanes of at least 4 members (excludes halogenated alkanes) is 2. The predicted octanol–water partition coefficient (Wildman–Crippen LogP) is 5.45. The monoisotopic (exact) mass is 449 g/mol. The van der Waals surface area contributed by atoms with E-state index in [1.54, 1.807) is 4.57 Å². The van der Waals surface area contributed by atoms with Gasteiger partial charge in [-0.05, 0) is 37.2 Å². The number of nitrogens with two attached hydrogens (primary N) is 1. The third-order valence-corrected chi connectivity index (χ3v) is 8.99. The molecule has 32 heavy (non-hydrogen) atoms. The summed E-state index contributed by atoms with van der Waals surface area (Å²) < 4.78 is 1.75. The van der Waals surface area contributed by atoms with Gasteiger partial charge in [0.1, 0.15) is 0 Å². The maximum Gasteiger partial charge on any atom is 0.198 e. The van der Waals surface area contributed by atoms with Gasteiger partial charge in [0.05, 0.1) is 0 Å². The zero-order valence-electron chi connectivity index (χ0n) is 18.2. The zero-order chi connectivity index (χ0) is 21.8. The second-order valence-electron chi connectivity index (χ2n) is 9.75. The molecule has 168 valence electrons. The van der Waals surface area contributed by atoms with Crippen LogP contribution in [0.3, 0.4) is 0 Å². The molecular formula is C26H31N3O2S. The standard InChI is InChI=1S/C26H31N3O2S/c27-15(14-32-22-13-28-21-8-4-3-7-18(21)22)6-2-1-5-11-29-25(30)23-16-9-10-17(20-12-19(16)20)24(23)26(29)31/h3-4,7-10,13,15-17,19-20,28,30-31H,1-2,5-6,11-12,14,27H2. The van der Waals surface area contributed by atoms with Crippen LogP contribution in [0.5, 0.6) is 11.8 Å². The molecule has 0 spiro atoms. The molecule has 5 N–H and O–H groups in total. The number of benzene rings is 1. The predicted molar refractivity (Wildman–Crippen MR) is 129 cm³/mol. The molecule has 4 aliphatic carbocycles. The Kier molecular flexibility index (Phi) is 5.03. The van der Waals surface area contributed by atoms with Crippen molar-refractivity contribution in [2.24, 2.45) is 17.6 Å². The Morgan fingerprint density at radius 1 is 1.03 bits per heavy atom. The Morgan fingerprint density at radius 2 is 1.75 bits per heavy atom. The molecular weight excluding hydrogens is 418 g/mol. The van der Waals surface area contributed by atoms with Gasteiger partial charge < -0.3 is 20.9 Å². The van der Waals surface area contributed by atoms with E-state index in [0.29, 0.717) is 42.0 Å². The van der Waals surface area contributed by atoms with Crippen molar-refractivity contribution in [2.75, 3.05) is 5.75 Å². The van der Waals surface area contributed by atoms with E-state index in [9.17, 15) is 10.2 Å². The van der Waals surface area contributed by atoms with Gasteiger partial charge in [0.2, 0.25) is 0 Å². The van der Waals surface area contributed by atoms with Crippen molar-refractivity contribution in [3.8, 4) is 11.8 Å². The van der Waals surface area contributed by atoms with Crippen LogP contribution in [0.2, 0.25) is 0 Å². The number of para-hydroxylation sites is 1. The van der Waals surface area contributed by atoms with Crippen LogP contribution in [-0.4, -0.2) is 31.6 Å². The van der Waals surface area contributed by atoms with Gasteiger partial charge in [-0.15, -0.1) is 11.8 Å². The van der Waals surface area contributed by atoms with E-state index in [-0.39, 0.29) is 6.04 Å². The Bertz CT molecular complexity index is 1140. The van der Waals surface area contributed by atoms with Gasteiger partial charge in [-0.3, -0.25) is 4.57 Å². The number of H-pyrrole nitrogens is 1. The zero-order valence-corrected chi connectivity index (χ0v) is 19.0. The summed E-state index contributed by atoms with van der Waals surface area (Å²) in [6, 6.07) is 8.53. The van der Waals surface area contributed by atoms with E-state index in [1.165, 1.54) is 22.2 Å². The average Bonchev–Trinajstić information content (AvgIpc) is 3.48. The topological polar surface area (TPSA) is 87.2 Å². The van der Waals surface area contributed by atoms with Crippen LogP contribution in [0.1, 0.15) is 55.1 Å². The van der Waals surface area contributed by atoms with E-state index < -0.39 is 0 Å². The van der Waals surface area contributed by atoms with Crippen molar-refractivity contribution in [3.63, 3.8) is 0 Å². The summed E-state index contributed by atoms with van der Waals surface area (Å²) in [4.78, 5) is 4.58. The molecule has 2 heterocycles. The molecule has 7 rings (SSSR count). The summed E-state index contributed by atoms with van der Waals surface area (Å²) in [5, 5.41) is 22.9. The summed E-state index contributed by atoms with van der Waals surface area (Å²) in [6.45, 7) is 0.665. The first-order valence-electron chi connectivity index (χ1n) is 11.9. The lowest BCUT2D eigenvalue weighted by Gasteiger charge is -2.30. The summed E-state index contributed by atoms with van der Waals surface area (Å²) in [5.41, 5.74) is 9.55. The first kappa shape index (κ1) is 20.3. The van der Waals surface area contributed by atoms with Crippen molar-refractivity contribution in [1.29, 1.82) is 0 Å². The summed E-state index contributed by atoms with van der Waals surface area (Å²) >= 11 is 1.82. The fourth-order valence-electron chi connectivity index (χ4n) is 6.01. The highest BCUT2D eigenvalue weighted by Crippen LogP contribution is 2.67. The SMILES string of the molecule is NC(CCCCCn1c(O)c2c(c1O)C1C=CC2C2CC12)CSc1c[nH]c2ccccc12. The molecule has 2 aromatic heterocycles. The number of nitrogens with one attached hydrogen (secondary N) is 1. The number of aromatic hydroxyl groups is 2. The van der Waals surface area contributed by atoms with E-state index in [1.807, 2.05) is 17.8 Å². The third kappa shape index (κ3) is 3.27. The molecule has 5 nitrogen and oxygen atoms in total. The lowest BCUT2D eigenvalue weighted by atomic mass is 9.73. The molecule has 0 saturated heterocycles. The first-order chi connectivity index (χ1) is 15.6. The largest absolute Gasteiger partial charge is 0.494 e. The normalized spacial score (nSPS) is 25.8. The summed E-state index contributed by atoms with van der Waals surface area (Å²) in [6.07, 6.45) is 11.8. The van der Waals surface area contributed by atoms with Gasteiger partial charge in [0.15, 0.2) is 11.8 Å². The van der Waals surface area contributed by atoms with Crippen LogP contribution < -0.4 is 5.73 Å². The number of thioether (sulfide) groups is 1. The Morgan fingerprint density at radius 3 is 2.50 bits per heavy atom. The maximum atomic E-state index is 10.8. The minimum atomic E-state index is 0.169. The van der Waals surface area contributed by atoms with Gasteiger partial charge in [-0.2, -0.15) is 0 Å². The second kappa shape index (κ2) is 7.92. The highest BCUT2D eigenvalue weighted by molar-refractivity contribution is 7.99. The van der Waals surface area contributed by atoms with E-state index in [0.717, 1.165) is 42.6 Å². The number of aromatic amines is 1. The fourth-order valence-corrected chi connectivity index (χ4v) is 7.04. The van der Waals surface area contributed by atoms with Crippen LogP contribution in [0.15, 0.2) is 47.5 Å².